The number of nitrogens with zero attached hydrogens (tertiary/aromatic N) is 2. The Kier molecular flexibility index (Phi) is 4.43. The molecule has 1 saturated heterocycles. The highest BCUT2D eigenvalue weighted by molar-refractivity contribution is 7.89. The van der Waals surface area contributed by atoms with Crippen molar-refractivity contribution in [3.8, 4) is 0 Å². The minimum atomic E-state index is -3.58. The molecule has 1 aliphatic heterocycles. The van der Waals surface area contributed by atoms with Gasteiger partial charge in [-0.2, -0.15) is 4.31 Å². The molecule has 0 bridgehead atoms. The van der Waals surface area contributed by atoms with Crippen molar-refractivity contribution in [2.75, 3.05) is 26.8 Å². The standard InChI is InChI=1S/C13H21N3O3S/c1-13(2)10-19-7-6-16(13)20(17,18)12-5-4-11(8-14-3)9-15-12/h4-5,9,14H,6-8,10H2,1-3H3. The van der Waals surface area contributed by atoms with Crippen molar-refractivity contribution in [3.05, 3.63) is 23.9 Å². The number of morpholine rings is 1. The summed E-state index contributed by atoms with van der Waals surface area (Å²) >= 11 is 0. The molecule has 0 aliphatic carbocycles. The third kappa shape index (κ3) is 3.01. The number of hydrogen-bond acceptors (Lipinski definition) is 5. The number of nitrogens with one attached hydrogen (secondary N) is 1. The molecule has 1 aliphatic rings. The number of pyridine rings is 1. The van der Waals surface area contributed by atoms with Gasteiger partial charge in [0, 0.05) is 19.3 Å². The maximum Gasteiger partial charge on any atom is 0.261 e. The number of ether oxygens (including phenoxy) is 1. The second-order valence-corrected chi connectivity index (χ2v) is 7.29. The fourth-order valence-electron chi connectivity index (χ4n) is 2.27. The van der Waals surface area contributed by atoms with Gasteiger partial charge in [-0.05, 0) is 32.5 Å². The van der Waals surface area contributed by atoms with Gasteiger partial charge < -0.3 is 10.1 Å². The zero-order valence-electron chi connectivity index (χ0n) is 12.1. The van der Waals surface area contributed by atoms with Crippen LogP contribution in [0.1, 0.15) is 19.4 Å². The van der Waals surface area contributed by atoms with Crippen molar-refractivity contribution in [3.63, 3.8) is 0 Å². The number of sulfonamides is 1. The predicted octanol–water partition coefficient (Wildman–Crippen LogP) is 0.600. The summed E-state index contributed by atoms with van der Waals surface area (Å²) in [6.45, 7) is 5.55. The molecule has 0 amide bonds. The maximum atomic E-state index is 12.7. The van der Waals surface area contributed by atoms with Crippen molar-refractivity contribution in [2.45, 2.75) is 31.0 Å². The Hall–Kier alpha value is -1.02. The van der Waals surface area contributed by atoms with E-state index in [4.69, 9.17) is 4.74 Å². The smallest absolute Gasteiger partial charge is 0.261 e. The van der Waals surface area contributed by atoms with E-state index in [1.165, 1.54) is 4.31 Å². The molecule has 20 heavy (non-hydrogen) atoms. The van der Waals surface area contributed by atoms with Crippen LogP contribution in [0.5, 0.6) is 0 Å². The highest BCUT2D eigenvalue weighted by Crippen LogP contribution is 2.26. The lowest BCUT2D eigenvalue weighted by Crippen LogP contribution is -2.55. The average molecular weight is 299 g/mol. The van der Waals surface area contributed by atoms with Gasteiger partial charge in [-0.3, -0.25) is 0 Å². The number of rotatable bonds is 4. The van der Waals surface area contributed by atoms with Gasteiger partial charge in [0.25, 0.3) is 10.0 Å². The lowest BCUT2D eigenvalue weighted by Gasteiger charge is -2.40. The Balaban J connectivity index is 2.29. The van der Waals surface area contributed by atoms with Crippen LogP contribution in [0.3, 0.4) is 0 Å². The normalized spacial score (nSPS) is 19.9. The molecule has 0 aromatic carbocycles. The van der Waals surface area contributed by atoms with Gasteiger partial charge in [-0.15, -0.1) is 0 Å². The van der Waals surface area contributed by atoms with Crippen molar-refractivity contribution < 1.29 is 13.2 Å². The molecule has 7 heteroatoms. The van der Waals surface area contributed by atoms with E-state index in [9.17, 15) is 8.42 Å². The van der Waals surface area contributed by atoms with Crippen LogP contribution in [0, 0.1) is 0 Å². The van der Waals surface area contributed by atoms with E-state index >= 15 is 0 Å². The fourth-order valence-corrected chi connectivity index (χ4v) is 3.94. The van der Waals surface area contributed by atoms with Crippen LogP contribution in [0.2, 0.25) is 0 Å². The van der Waals surface area contributed by atoms with Gasteiger partial charge in [0.2, 0.25) is 0 Å². The summed E-state index contributed by atoms with van der Waals surface area (Å²) in [5.41, 5.74) is 0.398. The molecule has 0 unspecified atom stereocenters. The molecule has 6 nitrogen and oxygen atoms in total. The molecule has 112 valence electrons. The van der Waals surface area contributed by atoms with E-state index in [2.05, 4.69) is 10.3 Å². The van der Waals surface area contributed by atoms with E-state index < -0.39 is 15.6 Å². The molecule has 0 saturated carbocycles. The third-order valence-electron chi connectivity index (χ3n) is 3.30. The highest BCUT2D eigenvalue weighted by Gasteiger charge is 2.40. The van der Waals surface area contributed by atoms with Crippen LogP contribution in [0.4, 0.5) is 0 Å². The molecule has 0 radical (unpaired) electrons. The zero-order chi connectivity index (χ0) is 14.8. The van der Waals surface area contributed by atoms with Crippen LogP contribution in [-0.2, 0) is 21.3 Å². The Bertz CT molecular complexity index is 555. The van der Waals surface area contributed by atoms with Gasteiger partial charge >= 0.3 is 0 Å². The molecule has 2 rings (SSSR count). The molecule has 1 fully saturated rings. The van der Waals surface area contributed by atoms with Crippen molar-refractivity contribution >= 4 is 10.0 Å². The predicted molar refractivity (Wildman–Crippen MR) is 75.8 cm³/mol. The van der Waals surface area contributed by atoms with E-state index in [1.807, 2.05) is 20.9 Å². The average Bonchev–Trinajstić information content (AvgIpc) is 2.39. The van der Waals surface area contributed by atoms with Crippen molar-refractivity contribution in [1.82, 2.24) is 14.6 Å². The van der Waals surface area contributed by atoms with Crippen molar-refractivity contribution in [2.24, 2.45) is 0 Å². The van der Waals surface area contributed by atoms with Crippen LogP contribution in [0.15, 0.2) is 23.4 Å². The fraction of sp³-hybridized carbons (Fsp3) is 0.615. The maximum absolute atomic E-state index is 12.7. The second-order valence-electron chi connectivity index (χ2n) is 5.48. The Labute approximate surface area is 120 Å². The van der Waals surface area contributed by atoms with Gasteiger partial charge in [0.15, 0.2) is 5.03 Å². The first kappa shape index (κ1) is 15.4. The first-order valence-electron chi connectivity index (χ1n) is 6.58. The molecule has 0 atom stereocenters. The molecular weight excluding hydrogens is 278 g/mol. The summed E-state index contributed by atoms with van der Waals surface area (Å²) in [4.78, 5) is 4.10. The summed E-state index contributed by atoms with van der Waals surface area (Å²) < 4.78 is 32.2. The Morgan fingerprint density at radius 3 is 2.75 bits per heavy atom. The van der Waals surface area contributed by atoms with E-state index in [0.717, 1.165) is 5.56 Å². The second kappa shape index (κ2) is 5.77. The minimum Gasteiger partial charge on any atom is -0.378 e. The zero-order valence-corrected chi connectivity index (χ0v) is 12.9. The molecule has 1 N–H and O–H groups in total. The summed E-state index contributed by atoms with van der Waals surface area (Å²) in [7, 11) is -1.75. The van der Waals surface area contributed by atoms with Gasteiger partial charge in [0.1, 0.15) is 0 Å². The molecule has 1 aromatic rings. The number of hydrogen-bond donors (Lipinski definition) is 1. The summed E-state index contributed by atoms with van der Waals surface area (Å²) in [6, 6.07) is 3.34. The highest BCUT2D eigenvalue weighted by atomic mass is 32.2. The quantitative estimate of drug-likeness (QED) is 0.881. The Morgan fingerprint density at radius 2 is 2.20 bits per heavy atom. The Morgan fingerprint density at radius 1 is 1.45 bits per heavy atom. The van der Waals surface area contributed by atoms with Gasteiger partial charge in [0.05, 0.1) is 18.8 Å². The summed E-state index contributed by atoms with van der Waals surface area (Å²) in [5, 5.41) is 3.09. The third-order valence-corrected chi connectivity index (χ3v) is 5.33. The van der Waals surface area contributed by atoms with E-state index in [0.29, 0.717) is 26.3 Å². The molecule has 0 spiro atoms. The first-order valence-corrected chi connectivity index (χ1v) is 8.02. The SMILES string of the molecule is CNCc1ccc(S(=O)(=O)N2CCOCC2(C)C)nc1. The van der Waals surface area contributed by atoms with Gasteiger partial charge in [-0.1, -0.05) is 6.07 Å². The molecular formula is C13H21N3O3S. The molecule has 2 heterocycles. The topological polar surface area (TPSA) is 71.5 Å². The van der Waals surface area contributed by atoms with Crippen LogP contribution < -0.4 is 5.32 Å². The van der Waals surface area contributed by atoms with E-state index in [1.54, 1.807) is 18.3 Å². The lowest BCUT2D eigenvalue weighted by atomic mass is 10.1. The summed E-state index contributed by atoms with van der Waals surface area (Å²) in [5.74, 6) is 0. The lowest BCUT2D eigenvalue weighted by molar-refractivity contribution is -0.00782. The van der Waals surface area contributed by atoms with Crippen LogP contribution in [-0.4, -0.2) is 50.1 Å². The minimum absolute atomic E-state index is 0.0901. The largest absolute Gasteiger partial charge is 0.378 e. The van der Waals surface area contributed by atoms with E-state index in [-0.39, 0.29) is 5.03 Å². The molecule has 1 aromatic heterocycles. The summed E-state index contributed by atoms with van der Waals surface area (Å²) in [6.07, 6.45) is 1.59. The monoisotopic (exact) mass is 299 g/mol. The number of aromatic nitrogens is 1. The van der Waals surface area contributed by atoms with Crippen LogP contribution in [0.25, 0.3) is 0 Å². The van der Waals surface area contributed by atoms with Crippen LogP contribution >= 0.6 is 0 Å². The van der Waals surface area contributed by atoms with Gasteiger partial charge in [-0.25, -0.2) is 13.4 Å². The van der Waals surface area contributed by atoms with Crippen molar-refractivity contribution in [1.29, 1.82) is 0 Å². The first-order chi connectivity index (χ1) is 9.38.